The molecule has 0 amide bonds. The highest BCUT2D eigenvalue weighted by Crippen LogP contribution is 2.75. The molecule has 3 fully saturated rings. The molecule has 0 unspecified atom stereocenters. The number of ketones is 1. The van der Waals surface area contributed by atoms with Gasteiger partial charge in [0.05, 0.1) is 12.0 Å². The van der Waals surface area contributed by atoms with E-state index in [2.05, 4.69) is 51.8 Å². The Morgan fingerprint density at radius 2 is 1.82 bits per heavy atom. The van der Waals surface area contributed by atoms with Crippen LogP contribution >= 0.6 is 0 Å². The number of fused-ring (bicyclic) bond motifs is 7. The SMILES string of the molecule is CC1=C(O)C(=O)C=C2C1=CC=C1[C@@]2(C)CC[C@@]2(C)[C@@H]3C[C@](C)(C(=O)OCCCCn4cnc([N+](=O)[O-])c4)CC[C@]3(C)CC[C@]12C. The van der Waals surface area contributed by atoms with E-state index in [1.54, 1.807) is 10.6 Å². The minimum Gasteiger partial charge on any atom is -0.504 e. The predicted octanol–water partition coefficient (Wildman–Crippen LogP) is 7.74. The zero-order chi connectivity index (χ0) is 32.6. The lowest BCUT2D eigenvalue weighted by atomic mass is 9.34. The molecule has 1 N–H and O–H groups in total. The van der Waals surface area contributed by atoms with Crippen LogP contribution in [-0.4, -0.2) is 37.9 Å². The zero-order valence-electron chi connectivity index (χ0n) is 27.6. The van der Waals surface area contributed by atoms with Gasteiger partial charge >= 0.3 is 11.8 Å². The molecule has 5 aliphatic rings. The second-order valence-electron chi connectivity index (χ2n) is 15.7. The monoisotopic (exact) mass is 617 g/mol. The number of aromatic nitrogens is 2. The van der Waals surface area contributed by atoms with E-state index < -0.39 is 10.3 Å². The summed E-state index contributed by atoms with van der Waals surface area (Å²) in [5, 5.41) is 21.3. The predicted molar refractivity (Wildman–Crippen MR) is 170 cm³/mol. The first-order valence-corrected chi connectivity index (χ1v) is 16.5. The van der Waals surface area contributed by atoms with Crippen LogP contribution in [-0.2, 0) is 20.9 Å². The van der Waals surface area contributed by atoms with E-state index in [-0.39, 0.29) is 45.0 Å². The zero-order valence-corrected chi connectivity index (χ0v) is 27.6. The smallest absolute Gasteiger partial charge is 0.381 e. The van der Waals surface area contributed by atoms with E-state index in [0.29, 0.717) is 31.1 Å². The van der Waals surface area contributed by atoms with Crippen molar-refractivity contribution >= 4 is 17.6 Å². The van der Waals surface area contributed by atoms with Crippen molar-refractivity contribution in [2.45, 2.75) is 106 Å². The van der Waals surface area contributed by atoms with Gasteiger partial charge in [0.25, 0.3) is 0 Å². The normalized spacial score (nSPS) is 37.3. The molecule has 6 rings (SSSR count). The Kier molecular flexibility index (Phi) is 7.37. The van der Waals surface area contributed by atoms with Gasteiger partial charge in [-0.2, -0.15) is 0 Å². The van der Waals surface area contributed by atoms with E-state index in [9.17, 15) is 24.8 Å². The van der Waals surface area contributed by atoms with Crippen LogP contribution in [0, 0.1) is 43.1 Å². The van der Waals surface area contributed by atoms with Crippen molar-refractivity contribution in [3.63, 3.8) is 0 Å². The Morgan fingerprint density at radius 3 is 2.53 bits per heavy atom. The van der Waals surface area contributed by atoms with Gasteiger partial charge in [-0.05, 0) is 121 Å². The molecule has 45 heavy (non-hydrogen) atoms. The van der Waals surface area contributed by atoms with Gasteiger partial charge in [0, 0.05) is 17.5 Å². The number of nitro groups is 1. The number of imidazole rings is 1. The number of carbonyl (C=O) groups excluding carboxylic acids is 2. The standard InChI is InChI=1S/C36H47N3O6/c1-23-24-9-10-27-34(4,25(24)19-26(40)30(23)41)14-16-36(6)28-20-33(3,12-11-32(28,2)13-15-35(27,36)5)31(42)45-18-8-7-17-38-21-29(37-22-38)39(43)44/h9-10,19,21-22,28,41H,7-8,11-18,20H2,1-6H3/t28-,32-,33-,34+,35-,36+/m1/s1. The number of hydrogen-bond donors (Lipinski definition) is 1. The lowest BCUT2D eigenvalue weighted by molar-refractivity contribution is -0.389. The maximum atomic E-state index is 13.7. The quantitative estimate of drug-likeness (QED) is 0.144. The largest absolute Gasteiger partial charge is 0.504 e. The lowest BCUT2D eigenvalue weighted by Gasteiger charge is -2.70. The van der Waals surface area contributed by atoms with Gasteiger partial charge in [0.1, 0.15) is 6.20 Å². The lowest BCUT2D eigenvalue weighted by Crippen LogP contribution is -2.62. The Bertz CT molecular complexity index is 1600. The summed E-state index contributed by atoms with van der Waals surface area (Å²) >= 11 is 0. The summed E-state index contributed by atoms with van der Waals surface area (Å²) in [6.45, 7) is 14.5. The highest BCUT2D eigenvalue weighted by molar-refractivity contribution is 6.06. The van der Waals surface area contributed by atoms with Crippen molar-refractivity contribution in [3.05, 3.63) is 68.9 Å². The molecule has 5 aliphatic carbocycles. The number of hydrogen-bond acceptors (Lipinski definition) is 7. The number of esters is 1. The third-order valence-corrected chi connectivity index (χ3v) is 13.2. The number of aryl methyl sites for hydroxylation is 1. The molecule has 242 valence electrons. The second-order valence-corrected chi connectivity index (χ2v) is 15.7. The fourth-order valence-electron chi connectivity index (χ4n) is 9.94. The Morgan fingerprint density at radius 1 is 1.09 bits per heavy atom. The van der Waals surface area contributed by atoms with E-state index in [4.69, 9.17) is 4.74 Å². The Hall–Kier alpha value is -3.49. The van der Waals surface area contributed by atoms with Crippen LogP contribution in [0.4, 0.5) is 5.82 Å². The van der Waals surface area contributed by atoms with E-state index in [0.717, 1.165) is 62.5 Å². The maximum absolute atomic E-state index is 13.7. The Balaban J connectivity index is 1.19. The van der Waals surface area contributed by atoms with Crippen LogP contribution in [0.3, 0.4) is 0 Å². The summed E-state index contributed by atoms with van der Waals surface area (Å²) in [5.41, 5.74) is 3.26. The Labute approximate surface area is 265 Å². The number of allylic oxidation sites excluding steroid dienone is 7. The molecule has 0 aromatic carbocycles. The molecule has 6 atom stereocenters. The highest BCUT2D eigenvalue weighted by Gasteiger charge is 2.67. The van der Waals surface area contributed by atoms with Crippen molar-refractivity contribution < 1.29 is 24.4 Å². The van der Waals surface area contributed by atoms with Gasteiger partial charge in [0.15, 0.2) is 5.76 Å². The number of ether oxygens (including phenoxy) is 1. The molecule has 0 radical (unpaired) electrons. The fraction of sp³-hybridized carbons (Fsp3) is 0.639. The summed E-state index contributed by atoms with van der Waals surface area (Å²) in [6, 6.07) is 0. The molecule has 9 heteroatoms. The van der Waals surface area contributed by atoms with Gasteiger partial charge in [-0.25, -0.2) is 0 Å². The van der Waals surface area contributed by atoms with Gasteiger partial charge in [-0.15, -0.1) is 0 Å². The first kappa shape index (κ1) is 31.5. The molecule has 1 aromatic heterocycles. The molecular weight excluding hydrogens is 570 g/mol. The molecule has 0 bridgehead atoms. The van der Waals surface area contributed by atoms with E-state index >= 15 is 0 Å². The summed E-state index contributed by atoms with van der Waals surface area (Å²) in [6.07, 6.45) is 17.1. The third kappa shape index (κ3) is 4.66. The van der Waals surface area contributed by atoms with Crippen molar-refractivity contribution in [1.29, 1.82) is 0 Å². The molecule has 0 spiro atoms. The molecule has 1 aromatic rings. The van der Waals surface area contributed by atoms with Gasteiger partial charge in [-0.1, -0.05) is 45.4 Å². The summed E-state index contributed by atoms with van der Waals surface area (Å²) in [5.74, 6) is -0.386. The molecular formula is C36H47N3O6. The number of unbranched alkanes of at least 4 members (excludes halogenated alkanes) is 1. The number of aliphatic hydroxyl groups excluding tert-OH is 1. The number of rotatable bonds is 7. The van der Waals surface area contributed by atoms with Crippen LogP contribution in [0.5, 0.6) is 0 Å². The highest BCUT2D eigenvalue weighted by atomic mass is 16.6. The number of carbonyl (C=O) groups is 2. The van der Waals surface area contributed by atoms with Crippen LogP contribution in [0.1, 0.15) is 99.3 Å². The number of aliphatic hydroxyl groups is 1. The molecule has 0 saturated heterocycles. The van der Waals surface area contributed by atoms with Crippen LogP contribution < -0.4 is 0 Å². The molecule has 3 saturated carbocycles. The van der Waals surface area contributed by atoms with Crippen LogP contribution in [0.25, 0.3) is 0 Å². The van der Waals surface area contributed by atoms with Crippen LogP contribution in [0.15, 0.2) is 58.8 Å². The molecule has 0 aliphatic heterocycles. The first-order valence-electron chi connectivity index (χ1n) is 16.5. The summed E-state index contributed by atoms with van der Waals surface area (Å²) in [7, 11) is 0. The fourth-order valence-corrected chi connectivity index (χ4v) is 9.94. The molecule has 1 heterocycles. The minimum atomic E-state index is -0.553. The summed E-state index contributed by atoms with van der Waals surface area (Å²) in [4.78, 5) is 40.6. The van der Waals surface area contributed by atoms with Crippen LogP contribution in [0.2, 0.25) is 0 Å². The van der Waals surface area contributed by atoms with E-state index in [1.165, 1.54) is 18.1 Å². The second kappa shape index (κ2) is 10.5. The average Bonchev–Trinajstić information content (AvgIpc) is 3.48. The molecule has 9 nitrogen and oxygen atoms in total. The maximum Gasteiger partial charge on any atom is 0.381 e. The summed E-state index contributed by atoms with van der Waals surface area (Å²) < 4.78 is 7.60. The topological polar surface area (TPSA) is 125 Å². The third-order valence-electron chi connectivity index (χ3n) is 13.2. The number of nitrogens with zero attached hydrogens (tertiary/aromatic N) is 3. The minimum absolute atomic E-state index is 0.0294. The average molecular weight is 618 g/mol. The van der Waals surface area contributed by atoms with Crippen molar-refractivity contribution in [1.82, 2.24) is 9.55 Å². The van der Waals surface area contributed by atoms with Crippen molar-refractivity contribution in [2.24, 2.45) is 33.0 Å². The van der Waals surface area contributed by atoms with Gasteiger partial charge in [-0.3, -0.25) is 9.59 Å². The van der Waals surface area contributed by atoms with Gasteiger partial charge < -0.3 is 24.5 Å². The van der Waals surface area contributed by atoms with Crippen molar-refractivity contribution in [2.75, 3.05) is 6.61 Å². The van der Waals surface area contributed by atoms with E-state index in [1.807, 2.05) is 6.92 Å². The van der Waals surface area contributed by atoms with Gasteiger partial charge in [0.2, 0.25) is 12.1 Å². The first-order chi connectivity index (χ1) is 21.1. The van der Waals surface area contributed by atoms with Crippen molar-refractivity contribution in [3.8, 4) is 0 Å².